The van der Waals surface area contributed by atoms with E-state index >= 15 is 0 Å². The summed E-state index contributed by atoms with van der Waals surface area (Å²) < 4.78 is 1.76. The van der Waals surface area contributed by atoms with Crippen LogP contribution in [0, 0.1) is 18.8 Å². The Morgan fingerprint density at radius 1 is 1.44 bits per heavy atom. The number of hydrogen-bond donors (Lipinski definition) is 0. The molecule has 0 spiro atoms. The van der Waals surface area contributed by atoms with E-state index in [2.05, 4.69) is 23.9 Å². The maximum atomic E-state index is 12.0. The van der Waals surface area contributed by atoms with Crippen LogP contribution in [0.15, 0.2) is 0 Å². The highest BCUT2D eigenvalue weighted by molar-refractivity contribution is 5.78. The quantitative estimate of drug-likeness (QED) is 0.814. The average Bonchev–Trinajstić information content (AvgIpc) is 2.71. The molecule has 1 aliphatic rings. The third kappa shape index (κ3) is 2.89. The standard InChI is InChI=1S/C13H22N4O/c1-9(2)5-11-6-13(18)17(7-11)8-12-14-10(3)15-16(12)4/h9,11H,5-8H2,1-4H3. The van der Waals surface area contributed by atoms with E-state index in [4.69, 9.17) is 0 Å². The first-order chi connectivity index (χ1) is 8.45. The van der Waals surface area contributed by atoms with Gasteiger partial charge in [0.1, 0.15) is 11.6 Å². The van der Waals surface area contributed by atoms with Gasteiger partial charge in [0.25, 0.3) is 0 Å². The van der Waals surface area contributed by atoms with Crippen LogP contribution < -0.4 is 0 Å². The Morgan fingerprint density at radius 3 is 2.72 bits per heavy atom. The van der Waals surface area contributed by atoms with Gasteiger partial charge in [-0.1, -0.05) is 13.8 Å². The highest BCUT2D eigenvalue weighted by Gasteiger charge is 2.30. The van der Waals surface area contributed by atoms with Gasteiger partial charge in [-0.25, -0.2) is 4.98 Å². The van der Waals surface area contributed by atoms with Crippen molar-refractivity contribution in [2.24, 2.45) is 18.9 Å². The number of likely N-dealkylation sites (tertiary alicyclic amines) is 1. The van der Waals surface area contributed by atoms with Crippen LogP contribution in [0.2, 0.25) is 0 Å². The number of carbonyl (C=O) groups excluding carboxylic acids is 1. The molecule has 0 bridgehead atoms. The summed E-state index contributed by atoms with van der Waals surface area (Å²) in [5.74, 6) is 3.04. The molecule has 1 unspecified atom stereocenters. The fourth-order valence-corrected chi connectivity index (χ4v) is 2.70. The molecule has 1 aliphatic heterocycles. The zero-order valence-corrected chi connectivity index (χ0v) is 11.7. The fraction of sp³-hybridized carbons (Fsp3) is 0.769. The first-order valence-electron chi connectivity index (χ1n) is 6.60. The first-order valence-corrected chi connectivity index (χ1v) is 6.60. The molecule has 2 rings (SSSR count). The molecule has 0 aliphatic carbocycles. The minimum atomic E-state index is 0.251. The van der Waals surface area contributed by atoms with E-state index in [-0.39, 0.29) is 5.91 Å². The topological polar surface area (TPSA) is 51.0 Å². The summed E-state index contributed by atoms with van der Waals surface area (Å²) >= 11 is 0. The largest absolute Gasteiger partial charge is 0.335 e. The van der Waals surface area contributed by atoms with Crippen LogP contribution in [-0.4, -0.2) is 32.1 Å². The van der Waals surface area contributed by atoms with Gasteiger partial charge in [-0.15, -0.1) is 0 Å². The zero-order chi connectivity index (χ0) is 13.3. The number of nitrogens with zero attached hydrogens (tertiary/aromatic N) is 4. The molecular formula is C13H22N4O. The summed E-state index contributed by atoms with van der Waals surface area (Å²) in [6.45, 7) is 7.74. The van der Waals surface area contributed by atoms with Crippen molar-refractivity contribution in [1.82, 2.24) is 19.7 Å². The summed E-state index contributed by atoms with van der Waals surface area (Å²) in [6.07, 6.45) is 1.81. The van der Waals surface area contributed by atoms with Crippen molar-refractivity contribution in [2.75, 3.05) is 6.54 Å². The van der Waals surface area contributed by atoms with Crippen molar-refractivity contribution >= 4 is 5.91 Å². The van der Waals surface area contributed by atoms with Crippen molar-refractivity contribution in [1.29, 1.82) is 0 Å². The van der Waals surface area contributed by atoms with Crippen molar-refractivity contribution in [3.63, 3.8) is 0 Å². The van der Waals surface area contributed by atoms with Gasteiger partial charge in [0.2, 0.25) is 5.91 Å². The van der Waals surface area contributed by atoms with E-state index < -0.39 is 0 Å². The van der Waals surface area contributed by atoms with Crippen LogP contribution in [0.4, 0.5) is 0 Å². The van der Waals surface area contributed by atoms with E-state index in [9.17, 15) is 4.79 Å². The number of rotatable bonds is 4. The van der Waals surface area contributed by atoms with Crippen LogP contribution >= 0.6 is 0 Å². The zero-order valence-electron chi connectivity index (χ0n) is 11.7. The molecule has 2 heterocycles. The smallest absolute Gasteiger partial charge is 0.223 e. The highest BCUT2D eigenvalue weighted by Crippen LogP contribution is 2.25. The Morgan fingerprint density at radius 2 is 2.17 bits per heavy atom. The van der Waals surface area contributed by atoms with Crippen LogP contribution in [0.5, 0.6) is 0 Å². The summed E-state index contributed by atoms with van der Waals surface area (Å²) in [5.41, 5.74) is 0. The molecule has 0 aromatic carbocycles. The Hall–Kier alpha value is -1.39. The Kier molecular flexibility index (Phi) is 3.68. The lowest BCUT2D eigenvalue weighted by Crippen LogP contribution is -2.26. The van der Waals surface area contributed by atoms with Crippen molar-refractivity contribution in [2.45, 2.75) is 40.2 Å². The summed E-state index contributed by atoms with van der Waals surface area (Å²) in [4.78, 5) is 18.2. The Balaban J connectivity index is 1.98. The number of amides is 1. The van der Waals surface area contributed by atoms with Crippen molar-refractivity contribution < 1.29 is 4.79 Å². The van der Waals surface area contributed by atoms with Gasteiger partial charge in [-0.05, 0) is 25.2 Å². The third-order valence-corrected chi connectivity index (χ3v) is 3.39. The monoisotopic (exact) mass is 250 g/mol. The second kappa shape index (κ2) is 5.08. The van der Waals surface area contributed by atoms with Crippen LogP contribution in [0.25, 0.3) is 0 Å². The fourth-order valence-electron chi connectivity index (χ4n) is 2.70. The molecule has 5 heteroatoms. The second-order valence-electron chi connectivity index (χ2n) is 5.67. The maximum Gasteiger partial charge on any atom is 0.223 e. The molecular weight excluding hydrogens is 228 g/mol. The van der Waals surface area contributed by atoms with E-state index in [0.717, 1.165) is 24.6 Å². The molecule has 1 aromatic rings. The number of aromatic nitrogens is 3. The van der Waals surface area contributed by atoms with Gasteiger partial charge in [-0.3, -0.25) is 9.48 Å². The molecule has 100 valence electrons. The lowest BCUT2D eigenvalue weighted by atomic mass is 9.96. The molecule has 0 radical (unpaired) electrons. The normalized spacial score (nSPS) is 20.2. The number of carbonyl (C=O) groups is 1. The molecule has 5 nitrogen and oxygen atoms in total. The molecule has 1 amide bonds. The summed E-state index contributed by atoms with van der Waals surface area (Å²) in [7, 11) is 1.88. The molecule has 0 N–H and O–H groups in total. The van der Waals surface area contributed by atoms with Crippen molar-refractivity contribution in [3.05, 3.63) is 11.6 Å². The Labute approximate surface area is 108 Å². The van der Waals surface area contributed by atoms with Gasteiger partial charge >= 0.3 is 0 Å². The molecule has 1 aromatic heterocycles. The van der Waals surface area contributed by atoms with E-state index in [1.807, 2.05) is 18.9 Å². The maximum absolute atomic E-state index is 12.0. The van der Waals surface area contributed by atoms with Gasteiger partial charge in [0.05, 0.1) is 6.54 Å². The highest BCUT2D eigenvalue weighted by atomic mass is 16.2. The first kappa shape index (κ1) is 13.1. The molecule has 18 heavy (non-hydrogen) atoms. The van der Waals surface area contributed by atoms with Crippen LogP contribution in [0.3, 0.4) is 0 Å². The molecule has 1 atom stereocenters. The predicted molar refractivity (Wildman–Crippen MR) is 68.7 cm³/mol. The van der Waals surface area contributed by atoms with E-state index in [0.29, 0.717) is 24.8 Å². The Bertz CT molecular complexity index is 438. The van der Waals surface area contributed by atoms with Crippen LogP contribution in [0.1, 0.15) is 38.3 Å². The molecule has 1 saturated heterocycles. The number of aryl methyl sites for hydroxylation is 2. The van der Waals surface area contributed by atoms with Crippen LogP contribution in [-0.2, 0) is 18.4 Å². The molecule has 0 saturated carbocycles. The average molecular weight is 250 g/mol. The third-order valence-electron chi connectivity index (χ3n) is 3.39. The summed E-state index contributed by atoms with van der Waals surface area (Å²) in [6, 6.07) is 0. The second-order valence-corrected chi connectivity index (χ2v) is 5.67. The van der Waals surface area contributed by atoms with E-state index in [1.165, 1.54) is 0 Å². The summed E-state index contributed by atoms with van der Waals surface area (Å²) in [5, 5.41) is 4.21. The van der Waals surface area contributed by atoms with E-state index in [1.54, 1.807) is 4.68 Å². The minimum absolute atomic E-state index is 0.251. The minimum Gasteiger partial charge on any atom is -0.335 e. The number of hydrogen-bond acceptors (Lipinski definition) is 3. The lowest BCUT2D eigenvalue weighted by molar-refractivity contribution is -0.128. The van der Waals surface area contributed by atoms with Crippen molar-refractivity contribution in [3.8, 4) is 0 Å². The van der Waals surface area contributed by atoms with Gasteiger partial charge in [-0.2, -0.15) is 5.10 Å². The SMILES string of the molecule is Cc1nc(CN2CC(CC(C)C)CC2=O)n(C)n1. The van der Waals surface area contributed by atoms with Gasteiger partial charge in [0, 0.05) is 20.0 Å². The predicted octanol–water partition coefficient (Wildman–Crippen LogP) is 1.52. The van der Waals surface area contributed by atoms with Gasteiger partial charge < -0.3 is 4.90 Å². The molecule has 1 fully saturated rings. The lowest BCUT2D eigenvalue weighted by Gasteiger charge is -2.16. The van der Waals surface area contributed by atoms with Gasteiger partial charge in [0.15, 0.2) is 0 Å².